The minimum Gasteiger partial charge on any atom is -0.497 e. The summed E-state index contributed by atoms with van der Waals surface area (Å²) in [6.45, 7) is 0. The van der Waals surface area contributed by atoms with Crippen molar-refractivity contribution in [2.45, 2.75) is 0 Å². The molecular weight excluding hydrogens is 143 g/mol. The maximum absolute atomic E-state index is 8.89. The van der Waals surface area contributed by atoms with Crippen LogP contribution < -0.4 is 10.2 Å². The molecule has 0 saturated heterocycles. The van der Waals surface area contributed by atoms with Crippen molar-refractivity contribution in [2.24, 2.45) is 0 Å². The minimum atomic E-state index is -2.59. The Labute approximate surface area is 69.6 Å². The molecule has 0 fully saturated rings. The fourth-order valence-corrected chi connectivity index (χ4v) is 0.787. The number of hydrogen-bond acceptors (Lipinski definition) is 3. The number of rotatable bonds is 2. The predicted molar refractivity (Wildman–Crippen MR) is 42.8 cm³/mol. The SMILES string of the molecule is [2H]C([2H])([2H])Oc1ccccc1B(O)O. The third-order valence-corrected chi connectivity index (χ3v) is 1.31. The zero-order chi connectivity index (χ0) is 10.8. The van der Waals surface area contributed by atoms with Crippen molar-refractivity contribution in [3.63, 3.8) is 0 Å². The lowest BCUT2D eigenvalue weighted by Gasteiger charge is -2.05. The van der Waals surface area contributed by atoms with Gasteiger partial charge in [-0.3, -0.25) is 0 Å². The first kappa shape index (κ1) is 4.80. The van der Waals surface area contributed by atoms with E-state index >= 15 is 0 Å². The van der Waals surface area contributed by atoms with Crippen molar-refractivity contribution in [3.8, 4) is 5.75 Å². The van der Waals surface area contributed by atoms with Gasteiger partial charge in [-0.25, -0.2) is 0 Å². The molecule has 0 aromatic heterocycles. The van der Waals surface area contributed by atoms with Gasteiger partial charge in [0, 0.05) is 5.46 Å². The Morgan fingerprint density at radius 1 is 1.45 bits per heavy atom. The number of hydrogen-bond donors (Lipinski definition) is 2. The van der Waals surface area contributed by atoms with E-state index in [1.54, 1.807) is 12.1 Å². The summed E-state index contributed by atoms with van der Waals surface area (Å²) in [6, 6.07) is 5.85. The van der Waals surface area contributed by atoms with E-state index in [1.807, 2.05) is 0 Å². The highest BCUT2D eigenvalue weighted by Gasteiger charge is 2.14. The topological polar surface area (TPSA) is 49.7 Å². The lowest BCUT2D eigenvalue weighted by atomic mass is 9.80. The molecule has 0 bridgehead atoms. The van der Waals surface area contributed by atoms with Gasteiger partial charge in [0.05, 0.1) is 11.2 Å². The first-order valence-corrected chi connectivity index (χ1v) is 3.04. The van der Waals surface area contributed by atoms with E-state index in [4.69, 9.17) is 14.2 Å². The molecule has 0 aliphatic carbocycles. The summed E-state index contributed by atoms with van der Waals surface area (Å²) in [5.74, 6) is -0.0532. The van der Waals surface area contributed by atoms with E-state index in [2.05, 4.69) is 4.74 Å². The third kappa shape index (κ3) is 1.72. The normalized spacial score (nSPS) is 14.5. The van der Waals surface area contributed by atoms with Gasteiger partial charge in [0.15, 0.2) is 0 Å². The highest BCUT2D eigenvalue weighted by Crippen LogP contribution is 2.04. The zero-order valence-electron chi connectivity index (χ0n) is 8.69. The summed E-state index contributed by atoms with van der Waals surface area (Å²) in [5.41, 5.74) is 0.0311. The Hall–Kier alpha value is -0.995. The van der Waals surface area contributed by atoms with E-state index in [-0.39, 0.29) is 11.2 Å². The predicted octanol–water partition coefficient (Wildman–Crippen LogP) is -0.625. The first-order valence-electron chi connectivity index (χ1n) is 4.54. The lowest BCUT2D eigenvalue weighted by Crippen LogP contribution is -2.30. The van der Waals surface area contributed by atoms with Gasteiger partial charge in [-0.1, -0.05) is 18.2 Å². The van der Waals surface area contributed by atoms with Crippen LogP contribution in [-0.2, 0) is 0 Å². The van der Waals surface area contributed by atoms with Gasteiger partial charge in [0.25, 0.3) is 0 Å². The maximum atomic E-state index is 8.89. The van der Waals surface area contributed by atoms with Crippen molar-refractivity contribution in [1.82, 2.24) is 0 Å². The van der Waals surface area contributed by atoms with Crippen molar-refractivity contribution in [2.75, 3.05) is 7.04 Å². The minimum absolute atomic E-state index is 0.0311. The van der Waals surface area contributed by atoms with Crippen molar-refractivity contribution in [1.29, 1.82) is 0 Å². The Morgan fingerprint density at radius 3 is 2.82 bits per heavy atom. The highest BCUT2D eigenvalue weighted by atomic mass is 16.5. The summed E-state index contributed by atoms with van der Waals surface area (Å²) in [6.07, 6.45) is 0. The molecule has 0 aliphatic rings. The molecule has 1 aromatic rings. The molecule has 58 valence electrons. The van der Waals surface area contributed by atoms with E-state index < -0.39 is 14.2 Å². The molecule has 0 atom stereocenters. The molecule has 11 heavy (non-hydrogen) atoms. The van der Waals surface area contributed by atoms with Crippen LogP contribution in [-0.4, -0.2) is 24.2 Å². The average Bonchev–Trinajstić information content (AvgIpc) is 2.01. The van der Waals surface area contributed by atoms with Crippen LogP contribution in [0.4, 0.5) is 0 Å². The van der Waals surface area contributed by atoms with Gasteiger partial charge >= 0.3 is 7.12 Å². The smallest absolute Gasteiger partial charge is 0.492 e. The molecule has 1 rings (SSSR count). The van der Waals surface area contributed by atoms with E-state index in [0.29, 0.717) is 0 Å². The second-order valence-corrected chi connectivity index (χ2v) is 2.01. The van der Waals surface area contributed by atoms with Gasteiger partial charge in [-0.05, 0) is 6.07 Å². The second-order valence-electron chi connectivity index (χ2n) is 2.01. The van der Waals surface area contributed by atoms with Crippen LogP contribution in [0.15, 0.2) is 24.3 Å². The van der Waals surface area contributed by atoms with Crippen LogP contribution in [0, 0.1) is 0 Å². The molecule has 1 aromatic carbocycles. The fraction of sp³-hybridized carbons (Fsp3) is 0.143. The molecule has 0 saturated carbocycles. The number of methoxy groups -OCH3 is 1. The van der Waals surface area contributed by atoms with E-state index in [9.17, 15) is 0 Å². The Bertz CT molecular complexity index is 313. The number of benzene rings is 1. The molecule has 4 heteroatoms. The summed E-state index contributed by atoms with van der Waals surface area (Å²) >= 11 is 0. The number of para-hydroxylation sites is 1. The van der Waals surface area contributed by atoms with Gasteiger partial charge in [-0.2, -0.15) is 0 Å². The molecule has 3 nitrogen and oxygen atoms in total. The molecule has 0 unspecified atom stereocenters. The van der Waals surface area contributed by atoms with Crippen molar-refractivity contribution < 1.29 is 18.9 Å². The molecule has 0 amide bonds. The monoisotopic (exact) mass is 155 g/mol. The van der Waals surface area contributed by atoms with Gasteiger partial charge in [-0.15, -0.1) is 0 Å². The summed E-state index contributed by atoms with van der Waals surface area (Å²) in [7, 11) is -4.33. The van der Waals surface area contributed by atoms with Crippen molar-refractivity contribution >= 4 is 12.6 Å². The molecule has 0 heterocycles. The van der Waals surface area contributed by atoms with Crippen LogP contribution in [0.25, 0.3) is 0 Å². The lowest BCUT2D eigenvalue weighted by molar-refractivity contribution is 0.403. The Balaban J connectivity index is 2.96. The molecular formula is C7H9BO3. The second kappa shape index (κ2) is 3.41. The van der Waals surface area contributed by atoms with Crippen LogP contribution in [0.1, 0.15) is 4.11 Å². The van der Waals surface area contributed by atoms with E-state index in [0.717, 1.165) is 0 Å². The van der Waals surface area contributed by atoms with Crippen LogP contribution in [0.5, 0.6) is 5.75 Å². The quantitative estimate of drug-likeness (QED) is 0.559. The summed E-state index contributed by atoms with van der Waals surface area (Å²) in [5, 5.41) is 17.8. The van der Waals surface area contributed by atoms with Gasteiger partial charge in [0.2, 0.25) is 0 Å². The van der Waals surface area contributed by atoms with Gasteiger partial charge in [0.1, 0.15) is 5.75 Å². The third-order valence-electron chi connectivity index (χ3n) is 1.31. The van der Waals surface area contributed by atoms with Gasteiger partial charge < -0.3 is 14.8 Å². The van der Waals surface area contributed by atoms with E-state index in [1.165, 1.54) is 12.1 Å². The largest absolute Gasteiger partial charge is 0.497 e. The Morgan fingerprint density at radius 2 is 2.18 bits per heavy atom. The van der Waals surface area contributed by atoms with Crippen molar-refractivity contribution in [3.05, 3.63) is 24.3 Å². The van der Waals surface area contributed by atoms with Crippen LogP contribution >= 0.6 is 0 Å². The van der Waals surface area contributed by atoms with Crippen LogP contribution in [0.2, 0.25) is 0 Å². The first-order chi connectivity index (χ1) is 6.40. The summed E-state index contributed by atoms with van der Waals surface area (Å²) in [4.78, 5) is 0. The highest BCUT2D eigenvalue weighted by molar-refractivity contribution is 6.59. The molecule has 0 aliphatic heterocycles. The number of ether oxygens (including phenoxy) is 1. The molecule has 0 spiro atoms. The van der Waals surface area contributed by atoms with Crippen LogP contribution in [0.3, 0.4) is 0 Å². The maximum Gasteiger partial charge on any atom is 0.492 e. The molecule has 0 radical (unpaired) electrons. The Kier molecular flexibility index (Phi) is 1.49. The summed E-state index contributed by atoms with van der Waals surface area (Å²) < 4.78 is 25.1. The fourth-order valence-electron chi connectivity index (χ4n) is 0.787. The standard InChI is InChI=1S/C7H9BO3/c1-11-7-5-3-2-4-6(7)8(9)10/h2-5,9-10H,1H3/i1D3. The average molecular weight is 155 g/mol. The zero-order valence-corrected chi connectivity index (χ0v) is 5.69. The molecule has 2 N–H and O–H groups in total.